The fraction of sp³-hybridized carbons (Fsp3) is 0.457. The number of hydrogen-bond acceptors (Lipinski definition) is 6. The monoisotopic (exact) mass is 558 g/mol. The Bertz CT molecular complexity index is 1290. The number of esters is 1. The van der Waals surface area contributed by atoms with Crippen LogP contribution >= 0.6 is 0 Å². The number of carbonyl (C=O) groups is 1. The van der Waals surface area contributed by atoms with Gasteiger partial charge >= 0.3 is 5.97 Å². The Morgan fingerprint density at radius 1 is 0.878 bits per heavy atom. The Labute approximate surface area is 245 Å². The fourth-order valence-corrected chi connectivity index (χ4v) is 5.44. The number of rotatable bonds is 12. The van der Waals surface area contributed by atoms with Crippen LogP contribution in [0.4, 0.5) is 5.69 Å². The van der Waals surface area contributed by atoms with Crippen molar-refractivity contribution in [1.29, 1.82) is 0 Å². The van der Waals surface area contributed by atoms with E-state index >= 15 is 0 Å². The van der Waals surface area contributed by atoms with Crippen LogP contribution in [0.2, 0.25) is 0 Å². The molecule has 0 amide bonds. The van der Waals surface area contributed by atoms with Crippen LogP contribution in [0.5, 0.6) is 5.75 Å². The summed E-state index contributed by atoms with van der Waals surface area (Å²) >= 11 is 0. The van der Waals surface area contributed by atoms with E-state index in [9.17, 15) is 9.90 Å². The summed E-state index contributed by atoms with van der Waals surface area (Å²) in [6, 6.07) is 20.5. The number of anilines is 1. The van der Waals surface area contributed by atoms with Crippen LogP contribution in [0.3, 0.4) is 0 Å². The average Bonchev–Trinajstić information content (AvgIpc) is 3.52. The van der Waals surface area contributed by atoms with Gasteiger partial charge in [-0.1, -0.05) is 58.9 Å². The molecule has 1 fully saturated rings. The second-order valence-corrected chi connectivity index (χ2v) is 11.7. The molecule has 3 aromatic rings. The summed E-state index contributed by atoms with van der Waals surface area (Å²) in [5.74, 6) is 0.440. The summed E-state index contributed by atoms with van der Waals surface area (Å²) < 4.78 is 11.5. The standard InChI is InChI=1S/C35H46N2O4/c1-6-36(7-2)20-22-41-34(39)27-12-10-26(11-13-27)28-15-17-33(40-23-21-38)30(24-28)29-14-16-32(37-18-8-9-19-37)31(25-29)35(3,4)5/h10-17,24-25,38H,6-9,18-23H2,1-5H3. The Kier molecular flexibility index (Phi) is 10.5. The van der Waals surface area contributed by atoms with Gasteiger partial charge < -0.3 is 24.4 Å². The molecule has 0 spiro atoms. The first-order valence-electron chi connectivity index (χ1n) is 15.0. The number of aliphatic hydroxyl groups excluding tert-OH is 1. The number of nitrogens with zero attached hydrogens (tertiary/aromatic N) is 2. The molecule has 6 nitrogen and oxygen atoms in total. The van der Waals surface area contributed by atoms with Crippen molar-refractivity contribution in [3.63, 3.8) is 0 Å². The maximum Gasteiger partial charge on any atom is 0.338 e. The summed E-state index contributed by atoms with van der Waals surface area (Å²) in [6.07, 6.45) is 2.47. The maximum atomic E-state index is 12.6. The molecule has 0 aliphatic carbocycles. The van der Waals surface area contributed by atoms with Gasteiger partial charge in [0.15, 0.2) is 0 Å². The summed E-state index contributed by atoms with van der Waals surface area (Å²) in [4.78, 5) is 17.3. The first-order valence-corrected chi connectivity index (χ1v) is 15.0. The second kappa shape index (κ2) is 14.0. The number of carbonyl (C=O) groups excluding carboxylic acids is 1. The number of aliphatic hydroxyl groups is 1. The molecule has 0 bridgehead atoms. The molecule has 4 rings (SSSR count). The molecule has 0 saturated carbocycles. The normalized spacial score (nSPS) is 13.6. The zero-order valence-corrected chi connectivity index (χ0v) is 25.4. The SMILES string of the molecule is CCN(CC)CCOC(=O)c1ccc(-c2ccc(OCCO)c(-c3ccc(N4CCCC4)c(C(C)(C)C)c3)c2)cc1. The highest BCUT2D eigenvalue weighted by Gasteiger charge is 2.24. The Morgan fingerprint density at radius 2 is 1.54 bits per heavy atom. The van der Waals surface area contributed by atoms with Gasteiger partial charge in [-0.15, -0.1) is 0 Å². The molecule has 1 heterocycles. The van der Waals surface area contributed by atoms with Crippen molar-refractivity contribution < 1.29 is 19.4 Å². The lowest BCUT2D eigenvalue weighted by atomic mass is 9.83. The zero-order chi connectivity index (χ0) is 29.4. The van der Waals surface area contributed by atoms with Crippen LogP contribution in [0, 0.1) is 0 Å². The Morgan fingerprint density at radius 3 is 2.17 bits per heavy atom. The van der Waals surface area contributed by atoms with E-state index in [1.54, 1.807) is 0 Å². The van der Waals surface area contributed by atoms with E-state index in [0.717, 1.165) is 60.7 Å². The van der Waals surface area contributed by atoms with Gasteiger partial charge in [0.1, 0.15) is 19.0 Å². The zero-order valence-electron chi connectivity index (χ0n) is 25.4. The van der Waals surface area contributed by atoms with Gasteiger partial charge in [0.25, 0.3) is 0 Å². The van der Waals surface area contributed by atoms with Crippen molar-refractivity contribution in [2.24, 2.45) is 0 Å². The van der Waals surface area contributed by atoms with Gasteiger partial charge in [-0.05, 0) is 90.0 Å². The van der Waals surface area contributed by atoms with E-state index in [4.69, 9.17) is 9.47 Å². The van der Waals surface area contributed by atoms with E-state index in [2.05, 4.69) is 68.7 Å². The third kappa shape index (κ3) is 7.69. The van der Waals surface area contributed by atoms with Crippen molar-refractivity contribution in [3.8, 4) is 28.0 Å². The number of likely N-dealkylation sites (N-methyl/N-ethyl adjacent to an activating group) is 1. The van der Waals surface area contributed by atoms with Crippen LogP contribution in [-0.2, 0) is 10.2 Å². The second-order valence-electron chi connectivity index (χ2n) is 11.7. The summed E-state index contributed by atoms with van der Waals surface area (Å²) in [5.41, 5.74) is 7.25. The molecule has 6 heteroatoms. The smallest absolute Gasteiger partial charge is 0.338 e. The number of hydrogen-bond donors (Lipinski definition) is 1. The third-order valence-corrected chi connectivity index (χ3v) is 7.88. The molecule has 0 atom stereocenters. The first kappa shape index (κ1) is 30.6. The van der Waals surface area contributed by atoms with Crippen molar-refractivity contribution >= 4 is 11.7 Å². The molecule has 0 radical (unpaired) electrons. The van der Waals surface area contributed by atoms with E-state index in [1.807, 2.05) is 36.4 Å². The summed E-state index contributed by atoms with van der Waals surface area (Å²) in [5, 5.41) is 9.44. The molecule has 1 aliphatic heterocycles. The largest absolute Gasteiger partial charge is 0.491 e. The fourth-order valence-electron chi connectivity index (χ4n) is 5.44. The van der Waals surface area contributed by atoms with Gasteiger partial charge in [-0.2, -0.15) is 0 Å². The number of benzene rings is 3. The molecule has 220 valence electrons. The molecule has 41 heavy (non-hydrogen) atoms. The van der Waals surface area contributed by atoms with E-state index in [0.29, 0.717) is 12.2 Å². The minimum Gasteiger partial charge on any atom is -0.491 e. The molecule has 0 unspecified atom stereocenters. The van der Waals surface area contributed by atoms with Crippen molar-refractivity contribution in [2.75, 3.05) is 57.4 Å². The number of ether oxygens (including phenoxy) is 2. The predicted octanol–water partition coefficient (Wildman–Crippen LogP) is 6.79. The van der Waals surface area contributed by atoms with Crippen molar-refractivity contribution in [1.82, 2.24) is 4.90 Å². The lowest BCUT2D eigenvalue weighted by Crippen LogP contribution is -2.27. The maximum absolute atomic E-state index is 12.6. The van der Waals surface area contributed by atoms with E-state index < -0.39 is 0 Å². The van der Waals surface area contributed by atoms with Gasteiger partial charge in [0.05, 0.1) is 12.2 Å². The highest BCUT2D eigenvalue weighted by atomic mass is 16.5. The van der Waals surface area contributed by atoms with Crippen LogP contribution in [0.15, 0.2) is 60.7 Å². The minimum absolute atomic E-state index is 0.0204. The average molecular weight is 559 g/mol. The van der Waals surface area contributed by atoms with Crippen molar-refractivity contribution in [3.05, 3.63) is 71.8 Å². The summed E-state index contributed by atoms with van der Waals surface area (Å²) in [6.45, 7) is 16.4. The predicted molar refractivity (Wildman–Crippen MR) is 168 cm³/mol. The molecule has 1 aliphatic rings. The molecule has 3 aromatic carbocycles. The topological polar surface area (TPSA) is 62.2 Å². The van der Waals surface area contributed by atoms with Gasteiger partial charge in [-0.25, -0.2) is 4.79 Å². The van der Waals surface area contributed by atoms with Gasteiger partial charge in [0, 0.05) is 30.9 Å². The molecular weight excluding hydrogens is 512 g/mol. The summed E-state index contributed by atoms with van der Waals surface area (Å²) in [7, 11) is 0. The minimum atomic E-state index is -0.301. The third-order valence-electron chi connectivity index (χ3n) is 7.88. The molecule has 1 N–H and O–H groups in total. The van der Waals surface area contributed by atoms with Crippen LogP contribution in [-0.4, -0.2) is 68.5 Å². The van der Waals surface area contributed by atoms with Gasteiger partial charge in [0.2, 0.25) is 0 Å². The lowest BCUT2D eigenvalue weighted by Gasteiger charge is -2.29. The van der Waals surface area contributed by atoms with Crippen LogP contribution < -0.4 is 9.64 Å². The molecule has 0 aromatic heterocycles. The highest BCUT2D eigenvalue weighted by molar-refractivity contribution is 5.90. The van der Waals surface area contributed by atoms with Crippen LogP contribution in [0.25, 0.3) is 22.3 Å². The highest BCUT2D eigenvalue weighted by Crippen LogP contribution is 2.40. The Hall–Kier alpha value is -3.35. The molecule has 1 saturated heterocycles. The lowest BCUT2D eigenvalue weighted by molar-refractivity contribution is 0.0466. The van der Waals surface area contributed by atoms with E-state index in [1.165, 1.54) is 24.1 Å². The quantitative estimate of drug-likeness (QED) is 0.247. The molecular formula is C35H46N2O4. The Balaban J connectivity index is 1.62. The first-order chi connectivity index (χ1) is 19.7. The van der Waals surface area contributed by atoms with E-state index in [-0.39, 0.29) is 24.6 Å². The van der Waals surface area contributed by atoms with Crippen LogP contribution in [0.1, 0.15) is 63.4 Å². The van der Waals surface area contributed by atoms with Crippen molar-refractivity contribution in [2.45, 2.75) is 52.9 Å². The van der Waals surface area contributed by atoms with Gasteiger partial charge in [-0.3, -0.25) is 0 Å².